The molecule has 1 heterocycles. The Balaban J connectivity index is 2.39. The minimum Gasteiger partial charge on any atom is -0.476 e. The number of aromatic nitrogens is 2. The Morgan fingerprint density at radius 3 is 2.53 bits per heavy atom. The molecule has 19 heavy (non-hydrogen) atoms. The number of aryl methyl sites for hydroxylation is 1. The summed E-state index contributed by atoms with van der Waals surface area (Å²) in [6, 6.07) is 8.86. The minimum absolute atomic E-state index is 0.472. The van der Waals surface area contributed by atoms with E-state index in [9.17, 15) is 9.59 Å². The van der Waals surface area contributed by atoms with Crippen LogP contribution in [-0.4, -0.2) is 20.9 Å². The van der Waals surface area contributed by atoms with Crippen LogP contribution in [0.5, 0.6) is 0 Å². The number of rotatable bonds is 4. The smallest absolute Gasteiger partial charge is 0.360 e. The van der Waals surface area contributed by atoms with E-state index in [-0.39, 0.29) is 0 Å². The van der Waals surface area contributed by atoms with E-state index in [1.807, 2.05) is 24.3 Å². The largest absolute Gasteiger partial charge is 0.476 e. The van der Waals surface area contributed by atoms with E-state index in [1.54, 1.807) is 0 Å². The van der Waals surface area contributed by atoms with Crippen LogP contribution in [0.2, 0.25) is 0 Å². The highest BCUT2D eigenvalue weighted by Gasteiger charge is 2.11. The van der Waals surface area contributed by atoms with Crippen LogP contribution < -0.4 is 5.43 Å². The summed E-state index contributed by atoms with van der Waals surface area (Å²) in [5.41, 5.74) is 0.875. The average molecular weight is 258 g/mol. The Hall–Kier alpha value is -2.43. The highest BCUT2D eigenvalue weighted by molar-refractivity contribution is 5.84. The van der Waals surface area contributed by atoms with Crippen molar-refractivity contribution in [2.45, 2.75) is 19.8 Å². The van der Waals surface area contributed by atoms with Gasteiger partial charge in [0.25, 0.3) is 0 Å². The Morgan fingerprint density at radius 1 is 1.26 bits per heavy atom. The molecule has 2 rings (SSSR count). The molecule has 1 N–H and O–H groups in total. The monoisotopic (exact) mass is 258 g/mol. The molecule has 0 amide bonds. The van der Waals surface area contributed by atoms with Crippen molar-refractivity contribution >= 4 is 5.97 Å². The normalized spacial score (nSPS) is 10.4. The Morgan fingerprint density at radius 2 is 1.95 bits per heavy atom. The van der Waals surface area contributed by atoms with Gasteiger partial charge in [0, 0.05) is 12.3 Å². The third-order valence-electron chi connectivity index (χ3n) is 2.75. The number of carboxylic acid groups (broad SMARTS) is 1. The summed E-state index contributed by atoms with van der Waals surface area (Å²) in [6.07, 6.45) is 3.53. The first kappa shape index (κ1) is 13.0. The molecule has 0 atom stereocenters. The quantitative estimate of drug-likeness (QED) is 0.908. The summed E-state index contributed by atoms with van der Waals surface area (Å²) in [4.78, 5) is 22.2. The van der Waals surface area contributed by atoms with Gasteiger partial charge in [0.2, 0.25) is 11.1 Å². The summed E-state index contributed by atoms with van der Waals surface area (Å²) < 4.78 is 1.39. The van der Waals surface area contributed by atoms with Crippen molar-refractivity contribution in [3.8, 4) is 5.69 Å². The van der Waals surface area contributed by atoms with Gasteiger partial charge in [-0.1, -0.05) is 25.5 Å². The summed E-state index contributed by atoms with van der Waals surface area (Å²) in [5, 5.41) is 12.7. The van der Waals surface area contributed by atoms with Gasteiger partial charge in [-0.15, -0.1) is 0 Å². The molecule has 0 saturated carbocycles. The van der Waals surface area contributed by atoms with Crippen LogP contribution in [0.15, 0.2) is 41.3 Å². The van der Waals surface area contributed by atoms with Crippen molar-refractivity contribution in [3.05, 3.63) is 58.0 Å². The summed E-state index contributed by atoms with van der Waals surface area (Å²) in [6.45, 7) is 2.11. The van der Waals surface area contributed by atoms with E-state index >= 15 is 0 Å². The fourth-order valence-electron chi connectivity index (χ4n) is 1.80. The molecule has 98 valence electrons. The lowest BCUT2D eigenvalue weighted by Crippen LogP contribution is -2.20. The van der Waals surface area contributed by atoms with Crippen molar-refractivity contribution in [3.63, 3.8) is 0 Å². The first-order valence-electron chi connectivity index (χ1n) is 6.04. The molecule has 0 aliphatic carbocycles. The highest BCUT2D eigenvalue weighted by Crippen LogP contribution is 2.09. The number of hydrogen-bond donors (Lipinski definition) is 1. The molecule has 0 aliphatic rings. The molecule has 0 fully saturated rings. The van der Waals surface area contributed by atoms with Crippen LogP contribution in [0.25, 0.3) is 5.69 Å². The number of aromatic carboxylic acids is 1. The molecule has 0 saturated heterocycles. The fraction of sp³-hybridized carbons (Fsp3) is 0.214. The van der Waals surface area contributed by atoms with E-state index < -0.39 is 17.1 Å². The summed E-state index contributed by atoms with van der Waals surface area (Å²) in [5.74, 6) is -1.32. The Labute approximate surface area is 110 Å². The predicted molar refractivity (Wildman–Crippen MR) is 70.8 cm³/mol. The number of nitrogens with zero attached hydrogens (tertiary/aromatic N) is 2. The van der Waals surface area contributed by atoms with Crippen molar-refractivity contribution in [1.29, 1.82) is 0 Å². The van der Waals surface area contributed by atoms with Crippen molar-refractivity contribution in [2.24, 2.45) is 0 Å². The van der Waals surface area contributed by atoms with Gasteiger partial charge in [-0.2, -0.15) is 5.10 Å². The standard InChI is InChI=1S/C14H14N2O3/c1-2-3-10-4-6-11(7-5-10)16-9-8-12(17)13(15-16)14(18)19/h4-9H,2-3H2,1H3,(H,18,19). The molecule has 0 unspecified atom stereocenters. The van der Waals surface area contributed by atoms with E-state index in [2.05, 4.69) is 12.0 Å². The first-order chi connectivity index (χ1) is 9.11. The topological polar surface area (TPSA) is 72.2 Å². The zero-order valence-corrected chi connectivity index (χ0v) is 10.5. The molecule has 5 heteroatoms. The second-order valence-corrected chi connectivity index (χ2v) is 4.19. The van der Waals surface area contributed by atoms with E-state index in [1.165, 1.54) is 22.5 Å². The third-order valence-corrected chi connectivity index (χ3v) is 2.75. The van der Waals surface area contributed by atoms with Crippen LogP contribution >= 0.6 is 0 Å². The number of hydrogen-bond acceptors (Lipinski definition) is 3. The van der Waals surface area contributed by atoms with Gasteiger partial charge in [0.1, 0.15) is 0 Å². The fourth-order valence-corrected chi connectivity index (χ4v) is 1.80. The van der Waals surface area contributed by atoms with Gasteiger partial charge in [0.05, 0.1) is 5.69 Å². The van der Waals surface area contributed by atoms with Gasteiger partial charge in [-0.3, -0.25) is 4.79 Å². The van der Waals surface area contributed by atoms with E-state index in [4.69, 9.17) is 5.11 Å². The molecule has 0 bridgehead atoms. The highest BCUT2D eigenvalue weighted by atomic mass is 16.4. The zero-order chi connectivity index (χ0) is 13.8. The molecular weight excluding hydrogens is 244 g/mol. The first-order valence-corrected chi connectivity index (χ1v) is 6.04. The van der Waals surface area contributed by atoms with Crippen molar-refractivity contribution < 1.29 is 9.90 Å². The molecule has 1 aromatic heterocycles. The summed E-state index contributed by atoms with van der Waals surface area (Å²) >= 11 is 0. The molecule has 0 aliphatic heterocycles. The van der Waals surface area contributed by atoms with Crippen LogP contribution in [0.1, 0.15) is 29.4 Å². The van der Waals surface area contributed by atoms with Crippen LogP contribution in [-0.2, 0) is 6.42 Å². The van der Waals surface area contributed by atoms with E-state index in [0.717, 1.165) is 18.5 Å². The predicted octanol–water partition coefficient (Wildman–Crippen LogP) is 1.88. The van der Waals surface area contributed by atoms with Gasteiger partial charge in [0.15, 0.2) is 0 Å². The van der Waals surface area contributed by atoms with E-state index in [0.29, 0.717) is 0 Å². The van der Waals surface area contributed by atoms with Gasteiger partial charge in [-0.25, -0.2) is 9.48 Å². The van der Waals surface area contributed by atoms with Gasteiger partial charge >= 0.3 is 5.97 Å². The number of carbonyl (C=O) groups is 1. The van der Waals surface area contributed by atoms with Crippen LogP contribution in [0.3, 0.4) is 0 Å². The second kappa shape index (κ2) is 5.48. The number of benzene rings is 1. The number of carboxylic acids is 1. The average Bonchev–Trinajstić information content (AvgIpc) is 2.40. The lowest BCUT2D eigenvalue weighted by atomic mass is 10.1. The summed E-state index contributed by atoms with van der Waals surface area (Å²) in [7, 11) is 0. The molecule has 2 aromatic rings. The Kier molecular flexibility index (Phi) is 3.75. The van der Waals surface area contributed by atoms with Gasteiger partial charge in [-0.05, 0) is 24.1 Å². The second-order valence-electron chi connectivity index (χ2n) is 4.19. The zero-order valence-electron chi connectivity index (χ0n) is 10.5. The molecule has 5 nitrogen and oxygen atoms in total. The molecule has 0 radical (unpaired) electrons. The maximum atomic E-state index is 11.3. The minimum atomic E-state index is -1.32. The van der Waals surface area contributed by atoms with Crippen molar-refractivity contribution in [1.82, 2.24) is 9.78 Å². The third kappa shape index (κ3) is 2.88. The lowest BCUT2D eigenvalue weighted by molar-refractivity contribution is 0.0687. The Bertz CT molecular complexity index is 644. The van der Waals surface area contributed by atoms with Crippen LogP contribution in [0.4, 0.5) is 0 Å². The maximum Gasteiger partial charge on any atom is 0.360 e. The molecular formula is C14H14N2O3. The molecule has 0 spiro atoms. The SMILES string of the molecule is CCCc1ccc(-n2ccc(=O)c(C(=O)O)n2)cc1. The van der Waals surface area contributed by atoms with Gasteiger partial charge < -0.3 is 5.11 Å². The lowest BCUT2D eigenvalue weighted by Gasteiger charge is -2.06. The maximum absolute atomic E-state index is 11.3. The van der Waals surface area contributed by atoms with Crippen molar-refractivity contribution in [2.75, 3.05) is 0 Å². The molecule has 1 aromatic carbocycles. The van der Waals surface area contributed by atoms with Crippen LogP contribution in [0, 0.1) is 0 Å².